The van der Waals surface area contributed by atoms with Crippen molar-refractivity contribution >= 4 is 0 Å². The Morgan fingerprint density at radius 2 is 1.68 bits per heavy atom. The van der Waals surface area contributed by atoms with Crippen molar-refractivity contribution in [1.29, 1.82) is 0 Å². The zero-order chi connectivity index (χ0) is 13.8. The van der Waals surface area contributed by atoms with Crippen LogP contribution in [0.3, 0.4) is 0 Å². The number of hydrogen-bond acceptors (Lipinski definition) is 3. The van der Waals surface area contributed by atoms with Crippen molar-refractivity contribution in [3.63, 3.8) is 0 Å². The monoisotopic (exact) mass is 261 g/mol. The Labute approximate surface area is 117 Å². The lowest BCUT2D eigenvalue weighted by atomic mass is 9.94. The minimum absolute atomic E-state index is 0.235. The molecule has 1 aromatic carbocycles. The third-order valence-electron chi connectivity index (χ3n) is 4.02. The van der Waals surface area contributed by atoms with E-state index in [-0.39, 0.29) is 6.04 Å². The van der Waals surface area contributed by atoms with Crippen molar-refractivity contribution in [2.45, 2.75) is 46.1 Å². The van der Waals surface area contributed by atoms with E-state index < -0.39 is 0 Å². The Morgan fingerprint density at radius 3 is 2.21 bits per heavy atom. The standard InChI is InChI=1S/C16H27N3/c1-12-9-13(2)16(14(3)10-12)15(11-17)18-19-7-5-4-6-8-19/h9-10,15,18H,4-8,11,17H2,1-3H3. The van der Waals surface area contributed by atoms with E-state index in [9.17, 15) is 0 Å². The fraction of sp³-hybridized carbons (Fsp3) is 0.625. The van der Waals surface area contributed by atoms with E-state index >= 15 is 0 Å². The lowest BCUT2D eigenvalue weighted by Crippen LogP contribution is -2.46. The molecule has 0 aromatic heterocycles. The van der Waals surface area contributed by atoms with Crippen LogP contribution in [0, 0.1) is 20.8 Å². The molecule has 1 fully saturated rings. The van der Waals surface area contributed by atoms with Crippen LogP contribution in [0.2, 0.25) is 0 Å². The maximum Gasteiger partial charge on any atom is 0.0592 e. The van der Waals surface area contributed by atoms with Gasteiger partial charge in [-0.25, -0.2) is 10.4 Å². The molecule has 1 atom stereocenters. The Bertz CT molecular complexity index is 399. The summed E-state index contributed by atoms with van der Waals surface area (Å²) in [4.78, 5) is 0. The van der Waals surface area contributed by atoms with Crippen LogP contribution >= 0.6 is 0 Å². The zero-order valence-electron chi connectivity index (χ0n) is 12.5. The molecule has 1 aliphatic rings. The van der Waals surface area contributed by atoms with Crippen LogP contribution in [0.1, 0.15) is 47.6 Å². The highest BCUT2D eigenvalue weighted by molar-refractivity contribution is 5.39. The van der Waals surface area contributed by atoms with Gasteiger partial charge in [-0.15, -0.1) is 0 Å². The van der Waals surface area contributed by atoms with Gasteiger partial charge in [-0.1, -0.05) is 24.1 Å². The third-order valence-corrected chi connectivity index (χ3v) is 4.02. The van der Waals surface area contributed by atoms with Gasteiger partial charge in [-0.05, 0) is 50.3 Å². The predicted molar refractivity (Wildman–Crippen MR) is 81.0 cm³/mol. The first-order chi connectivity index (χ1) is 9.11. The molecule has 1 unspecified atom stereocenters. The number of aryl methyl sites for hydroxylation is 3. The van der Waals surface area contributed by atoms with E-state index in [4.69, 9.17) is 5.73 Å². The Hall–Kier alpha value is -0.900. The lowest BCUT2D eigenvalue weighted by Gasteiger charge is -2.32. The number of rotatable bonds is 4. The molecule has 1 aromatic rings. The minimum atomic E-state index is 0.235. The molecule has 3 N–H and O–H groups in total. The van der Waals surface area contributed by atoms with E-state index in [0.717, 1.165) is 13.1 Å². The molecule has 3 nitrogen and oxygen atoms in total. The van der Waals surface area contributed by atoms with Crippen LogP contribution < -0.4 is 11.2 Å². The van der Waals surface area contributed by atoms with Crippen molar-refractivity contribution in [3.8, 4) is 0 Å². The van der Waals surface area contributed by atoms with Gasteiger partial charge in [0, 0.05) is 19.6 Å². The fourth-order valence-electron chi connectivity index (χ4n) is 3.22. The molecule has 1 heterocycles. The summed E-state index contributed by atoms with van der Waals surface area (Å²) < 4.78 is 0. The smallest absolute Gasteiger partial charge is 0.0592 e. The quantitative estimate of drug-likeness (QED) is 0.875. The number of nitrogens with one attached hydrogen (secondary N) is 1. The van der Waals surface area contributed by atoms with E-state index in [1.54, 1.807) is 0 Å². The van der Waals surface area contributed by atoms with Gasteiger partial charge in [0.25, 0.3) is 0 Å². The van der Waals surface area contributed by atoms with Crippen molar-refractivity contribution in [2.24, 2.45) is 5.73 Å². The molecule has 0 spiro atoms. The van der Waals surface area contributed by atoms with E-state index in [1.807, 2.05) is 0 Å². The number of nitrogens with zero attached hydrogens (tertiary/aromatic N) is 1. The molecule has 2 rings (SSSR count). The average molecular weight is 261 g/mol. The highest BCUT2D eigenvalue weighted by atomic mass is 15.5. The molecule has 0 saturated carbocycles. The second-order valence-electron chi connectivity index (χ2n) is 5.78. The minimum Gasteiger partial charge on any atom is -0.329 e. The molecule has 1 aliphatic heterocycles. The SMILES string of the molecule is Cc1cc(C)c(C(CN)NN2CCCCC2)c(C)c1. The Balaban J connectivity index is 2.16. The number of nitrogens with two attached hydrogens (primary N) is 1. The van der Waals surface area contributed by atoms with Gasteiger partial charge in [0.05, 0.1) is 6.04 Å². The van der Waals surface area contributed by atoms with E-state index in [0.29, 0.717) is 6.54 Å². The molecule has 0 bridgehead atoms. The second kappa shape index (κ2) is 6.51. The van der Waals surface area contributed by atoms with Gasteiger partial charge in [0.15, 0.2) is 0 Å². The summed E-state index contributed by atoms with van der Waals surface area (Å²) in [6, 6.07) is 4.74. The normalized spacial score (nSPS) is 18.5. The van der Waals surface area contributed by atoms with E-state index in [2.05, 4.69) is 43.3 Å². The highest BCUT2D eigenvalue weighted by Gasteiger charge is 2.19. The zero-order valence-corrected chi connectivity index (χ0v) is 12.5. The Kier molecular flexibility index (Phi) is 4.97. The third kappa shape index (κ3) is 3.56. The van der Waals surface area contributed by atoms with Crippen LogP contribution in [-0.4, -0.2) is 24.6 Å². The van der Waals surface area contributed by atoms with E-state index in [1.165, 1.54) is 41.5 Å². The summed E-state index contributed by atoms with van der Waals surface area (Å²) in [7, 11) is 0. The van der Waals surface area contributed by atoms with Crippen molar-refractivity contribution < 1.29 is 0 Å². The largest absolute Gasteiger partial charge is 0.329 e. The first-order valence-electron chi connectivity index (χ1n) is 7.40. The molecular formula is C16H27N3. The first-order valence-corrected chi connectivity index (χ1v) is 7.40. The summed E-state index contributed by atoms with van der Waals surface area (Å²) >= 11 is 0. The van der Waals surface area contributed by atoms with Crippen LogP contribution in [-0.2, 0) is 0 Å². The van der Waals surface area contributed by atoms with Gasteiger partial charge >= 0.3 is 0 Å². The number of benzene rings is 1. The van der Waals surface area contributed by atoms with Gasteiger partial charge in [0.2, 0.25) is 0 Å². The number of piperidine rings is 1. The van der Waals surface area contributed by atoms with Gasteiger partial charge in [0.1, 0.15) is 0 Å². The van der Waals surface area contributed by atoms with Crippen LogP contribution in [0.15, 0.2) is 12.1 Å². The lowest BCUT2D eigenvalue weighted by molar-refractivity contribution is 0.130. The van der Waals surface area contributed by atoms with Crippen molar-refractivity contribution in [1.82, 2.24) is 10.4 Å². The number of hydrazine groups is 1. The fourth-order valence-corrected chi connectivity index (χ4v) is 3.22. The maximum absolute atomic E-state index is 6.01. The molecule has 0 radical (unpaired) electrons. The highest BCUT2D eigenvalue weighted by Crippen LogP contribution is 2.24. The van der Waals surface area contributed by atoms with Gasteiger partial charge in [-0.3, -0.25) is 0 Å². The molecule has 0 amide bonds. The maximum atomic E-state index is 6.01. The van der Waals surface area contributed by atoms with Crippen molar-refractivity contribution in [3.05, 3.63) is 34.4 Å². The van der Waals surface area contributed by atoms with Crippen molar-refractivity contribution in [2.75, 3.05) is 19.6 Å². The summed E-state index contributed by atoms with van der Waals surface area (Å²) in [5.74, 6) is 0. The Morgan fingerprint density at radius 1 is 1.11 bits per heavy atom. The number of hydrogen-bond donors (Lipinski definition) is 2. The molecule has 0 aliphatic carbocycles. The molecule has 3 heteroatoms. The molecule has 1 saturated heterocycles. The summed E-state index contributed by atoms with van der Waals surface area (Å²) in [5.41, 5.74) is 15.0. The van der Waals surface area contributed by atoms with Gasteiger partial charge < -0.3 is 5.73 Å². The molecule has 106 valence electrons. The first kappa shape index (κ1) is 14.5. The van der Waals surface area contributed by atoms with Crippen LogP contribution in [0.4, 0.5) is 0 Å². The second-order valence-corrected chi connectivity index (χ2v) is 5.78. The summed E-state index contributed by atoms with van der Waals surface area (Å²) in [6.45, 7) is 9.45. The predicted octanol–water partition coefficient (Wildman–Crippen LogP) is 2.60. The molecule has 19 heavy (non-hydrogen) atoms. The van der Waals surface area contributed by atoms with Gasteiger partial charge in [-0.2, -0.15) is 0 Å². The topological polar surface area (TPSA) is 41.3 Å². The van der Waals surface area contributed by atoms with Crippen LogP contribution in [0.5, 0.6) is 0 Å². The van der Waals surface area contributed by atoms with Crippen LogP contribution in [0.25, 0.3) is 0 Å². The molecular weight excluding hydrogens is 234 g/mol. The summed E-state index contributed by atoms with van der Waals surface area (Å²) in [6.07, 6.45) is 3.93. The average Bonchev–Trinajstić information content (AvgIpc) is 2.37. The summed E-state index contributed by atoms with van der Waals surface area (Å²) in [5, 5.41) is 2.35.